The number of aliphatic hydroxyl groups is 2. The van der Waals surface area contributed by atoms with Gasteiger partial charge in [-0.1, -0.05) is 70.6 Å². The van der Waals surface area contributed by atoms with Crippen LogP contribution in [0.15, 0.2) is 47.6 Å². The van der Waals surface area contributed by atoms with Gasteiger partial charge in [0.25, 0.3) is 0 Å². The molecule has 2 N–H and O–H groups in total. The molecule has 11 atom stereocenters. The molecule has 0 aromatic rings. The Labute approximate surface area is 328 Å². The van der Waals surface area contributed by atoms with Crippen LogP contribution >= 0.6 is 0 Å². The van der Waals surface area contributed by atoms with Crippen molar-refractivity contribution in [2.75, 3.05) is 27.9 Å². The molecule has 0 radical (unpaired) electrons. The van der Waals surface area contributed by atoms with Gasteiger partial charge in [-0.25, -0.2) is 0 Å². The third-order valence-electron chi connectivity index (χ3n) is 11.6. The third-order valence-corrected chi connectivity index (χ3v) is 11.6. The van der Waals surface area contributed by atoms with E-state index >= 15 is 0 Å². The van der Waals surface area contributed by atoms with Gasteiger partial charge in [-0.15, -0.1) is 0 Å². The number of hydrogen-bond donors (Lipinski definition) is 2. The highest BCUT2D eigenvalue weighted by molar-refractivity contribution is 5.91. The van der Waals surface area contributed by atoms with Gasteiger partial charge < -0.3 is 33.9 Å². The maximum Gasteiger partial charge on any atom is 0.323 e. The van der Waals surface area contributed by atoms with E-state index < -0.39 is 60.1 Å². The van der Waals surface area contributed by atoms with Crippen LogP contribution in [0.1, 0.15) is 106 Å². The topological polar surface area (TPSA) is 158 Å². The van der Waals surface area contributed by atoms with Crippen LogP contribution in [-0.4, -0.2) is 115 Å². The monoisotopic (exact) mass is 773 g/mol. The minimum absolute atomic E-state index is 0.0681. The van der Waals surface area contributed by atoms with Crippen LogP contribution in [0.2, 0.25) is 0 Å². The number of carbonyl (C=O) groups is 4. The lowest BCUT2D eigenvalue weighted by Crippen LogP contribution is -2.63. The predicted molar refractivity (Wildman–Crippen MR) is 209 cm³/mol. The number of ether oxygens (including phenoxy) is 5. The number of Topliss-reactive ketones (excluding diaryl/α,β-unsaturated/α-hetero) is 3. The largest absolute Gasteiger partial charge is 0.461 e. The lowest BCUT2D eigenvalue weighted by molar-refractivity contribution is -0.285. The fourth-order valence-corrected chi connectivity index (χ4v) is 7.83. The molecule has 2 unspecified atom stereocenters. The molecule has 0 saturated carbocycles. The lowest BCUT2D eigenvalue weighted by atomic mass is 9.84. The second-order valence-corrected chi connectivity index (χ2v) is 15.6. The number of hydrogen-bond acceptors (Lipinski definition) is 12. The van der Waals surface area contributed by atoms with Crippen molar-refractivity contribution in [1.82, 2.24) is 4.90 Å². The number of aliphatic hydroxyl groups excluding tert-OH is 2. The molecule has 3 aliphatic heterocycles. The van der Waals surface area contributed by atoms with E-state index in [0.29, 0.717) is 56.9 Å². The number of methoxy groups -OCH3 is 3. The van der Waals surface area contributed by atoms with E-state index in [-0.39, 0.29) is 48.9 Å². The Morgan fingerprint density at radius 1 is 0.891 bits per heavy atom. The number of esters is 1. The summed E-state index contributed by atoms with van der Waals surface area (Å²) in [6.45, 7) is 11.3. The average Bonchev–Trinajstić information content (AvgIpc) is 3.18. The summed E-state index contributed by atoms with van der Waals surface area (Å²) in [6.07, 6.45) is 10.4. The normalized spacial score (nSPS) is 39.5. The van der Waals surface area contributed by atoms with Gasteiger partial charge in [0.1, 0.15) is 30.1 Å². The van der Waals surface area contributed by atoms with E-state index in [9.17, 15) is 29.4 Å². The molecular weight excluding hydrogens is 706 g/mol. The smallest absolute Gasteiger partial charge is 0.323 e. The van der Waals surface area contributed by atoms with E-state index in [1.54, 1.807) is 27.0 Å². The van der Waals surface area contributed by atoms with E-state index in [1.807, 2.05) is 58.1 Å². The number of carbonyl (C=O) groups excluding carboxylic acids is 4. The summed E-state index contributed by atoms with van der Waals surface area (Å²) in [6, 6.07) is -0.911. The Morgan fingerprint density at radius 3 is 2.27 bits per heavy atom. The molecule has 12 heteroatoms. The summed E-state index contributed by atoms with van der Waals surface area (Å²) in [5.41, 5.74) is 1.39. The Hall–Kier alpha value is -2.84. The van der Waals surface area contributed by atoms with Crippen molar-refractivity contribution in [2.24, 2.45) is 17.8 Å². The van der Waals surface area contributed by atoms with Gasteiger partial charge in [0.15, 0.2) is 12.0 Å². The van der Waals surface area contributed by atoms with Crippen LogP contribution in [0.3, 0.4) is 0 Å². The highest BCUT2D eigenvalue weighted by atomic mass is 16.7. The molecule has 2 bridgehead atoms. The number of ketones is 3. The lowest BCUT2D eigenvalue weighted by Gasteiger charge is -2.46. The van der Waals surface area contributed by atoms with E-state index in [2.05, 4.69) is 0 Å². The Kier molecular flexibility index (Phi) is 18.8. The zero-order valence-corrected chi connectivity index (χ0v) is 34.5. The zero-order chi connectivity index (χ0) is 40.9. The maximum atomic E-state index is 14.3. The van der Waals surface area contributed by atoms with Crippen LogP contribution in [0.25, 0.3) is 0 Å². The molecule has 0 aromatic carbocycles. The first-order valence-corrected chi connectivity index (χ1v) is 20.0. The molecule has 55 heavy (non-hydrogen) atoms. The van der Waals surface area contributed by atoms with Gasteiger partial charge in [0.2, 0.25) is 11.6 Å². The molecule has 310 valence electrons. The SMILES string of the molecule is CC[C@@H]1CC(=O)[C@H](C)/C=C(\C)[C@@H](O)[C@@H](OC)C(=O)CC[C@H](C)/C=C/C=C/C=C(\C)[C@@H](OC)C[C@@H]2CC[C@@H](C)C(OC)(O2)C(=O)C(O)N2CCCC[C@H]2C(=O)O1. The molecule has 0 amide bonds. The molecule has 0 aromatic heterocycles. The molecular formula is C43H67NO11. The van der Waals surface area contributed by atoms with Gasteiger partial charge >= 0.3 is 5.97 Å². The van der Waals surface area contributed by atoms with Crippen LogP contribution < -0.4 is 0 Å². The van der Waals surface area contributed by atoms with E-state index in [1.165, 1.54) is 19.1 Å². The Bertz CT molecular complexity index is 1420. The van der Waals surface area contributed by atoms with Crippen LogP contribution in [0.4, 0.5) is 0 Å². The van der Waals surface area contributed by atoms with Crippen molar-refractivity contribution in [3.63, 3.8) is 0 Å². The van der Waals surface area contributed by atoms with Crippen LogP contribution in [0.5, 0.6) is 0 Å². The van der Waals surface area contributed by atoms with Crippen molar-refractivity contribution < 1.29 is 53.1 Å². The predicted octanol–water partition coefficient (Wildman–Crippen LogP) is 5.59. The fraction of sp³-hybridized carbons (Fsp3) is 0.721. The number of allylic oxidation sites excluding steroid dienone is 6. The summed E-state index contributed by atoms with van der Waals surface area (Å²) in [5, 5.41) is 22.8. The van der Waals surface area contributed by atoms with Crippen molar-refractivity contribution in [3.8, 4) is 0 Å². The maximum absolute atomic E-state index is 14.3. The molecule has 0 aliphatic carbocycles. The summed E-state index contributed by atoms with van der Waals surface area (Å²) in [5.74, 6) is -4.39. The summed E-state index contributed by atoms with van der Waals surface area (Å²) in [4.78, 5) is 56.1. The Balaban J connectivity index is 1.96. The standard InChI is InChI=1S/C43H67NO11/c1-10-32-25-36(46)29(4)24-30(5)38(47)39(52-8)35(45)22-19-27(2)16-12-11-13-17-28(3)37(51-7)26-33-21-20-31(6)43(53-9,55-33)40(48)41(49)44-23-15-14-18-34(44)42(50)54-32/h11-13,16-17,24,27,29,31-34,37-39,41,47,49H,10,14-15,18-23,25-26H2,1-9H3/b13-11+,16-12+,28-17+,30-24+/t27-,29-,31-,32-,33+,34+,37+,38-,39+,41?,43?/m1/s1. The minimum Gasteiger partial charge on any atom is -0.461 e. The van der Waals surface area contributed by atoms with Crippen molar-refractivity contribution in [3.05, 3.63) is 47.6 Å². The number of rotatable bonds is 4. The molecule has 2 saturated heterocycles. The molecule has 12 nitrogen and oxygen atoms in total. The Morgan fingerprint density at radius 2 is 1.62 bits per heavy atom. The minimum atomic E-state index is -1.74. The number of cyclic esters (lactones) is 1. The first-order valence-electron chi connectivity index (χ1n) is 20.0. The summed E-state index contributed by atoms with van der Waals surface area (Å²) in [7, 11) is 4.42. The number of piperidine rings is 1. The quantitative estimate of drug-likeness (QED) is 0.270. The molecule has 0 spiro atoms. The highest BCUT2D eigenvalue weighted by Crippen LogP contribution is 2.39. The first-order chi connectivity index (χ1) is 26.1. The number of fused-ring (bicyclic) bond motifs is 3. The first kappa shape index (κ1) is 46.5. The zero-order valence-electron chi connectivity index (χ0n) is 34.5. The summed E-state index contributed by atoms with van der Waals surface area (Å²) < 4.78 is 29.6. The van der Waals surface area contributed by atoms with E-state index in [4.69, 9.17) is 23.7 Å². The second kappa shape index (κ2) is 22.2. The van der Waals surface area contributed by atoms with Gasteiger partial charge in [-0.2, -0.15) is 0 Å². The third kappa shape index (κ3) is 12.3. The molecule has 3 aliphatic rings. The average molecular weight is 774 g/mol. The van der Waals surface area contributed by atoms with E-state index in [0.717, 1.165) is 5.57 Å². The fourth-order valence-electron chi connectivity index (χ4n) is 7.83. The van der Waals surface area contributed by atoms with Gasteiger partial charge in [-0.3, -0.25) is 24.1 Å². The van der Waals surface area contributed by atoms with Gasteiger partial charge in [0.05, 0.1) is 12.2 Å². The second-order valence-electron chi connectivity index (χ2n) is 15.6. The van der Waals surface area contributed by atoms with Crippen molar-refractivity contribution >= 4 is 23.3 Å². The van der Waals surface area contributed by atoms with Crippen molar-refractivity contribution in [2.45, 2.75) is 154 Å². The summed E-state index contributed by atoms with van der Waals surface area (Å²) >= 11 is 0. The molecule has 2 fully saturated rings. The van der Waals surface area contributed by atoms with Gasteiger partial charge in [-0.05, 0) is 69.4 Å². The number of nitrogens with zero attached hydrogens (tertiary/aromatic N) is 1. The molecule has 3 rings (SSSR count). The van der Waals surface area contributed by atoms with Gasteiger partial charge in [0, 0.05) is 59.0 Å². The van der Waals surface area contributed by atoms with Crippen LogP contribution in [0, 0.1) is 17.8 Å². The highest BCUT2D eigenvalue weighted by Gasteiger charge is 2.54. The molecule has 3 heterocycles. The van der Waals surface area contributed by atoms with Crippen molar-refractivity contribution in [1.29, 1.82) is 0 Å². The van der Waals surface area contributed by atoms with Crippen LogP contribution in [-0.2, 0) is 42.9 Å².